The number of carbonyl (C=O) groups is 1. The maximum Gasteiger partial charge on any atom is 0.309 e. The van der Waals surface area contributed by atoms with E-state index in [1.54, 1.807) is 0 Å². The number of rotatable bonds is 7. The summed E-state index contributed by atoms with van der Waals surface area (Å²) in [6.07, 6.45) is 8.15. The Bertz CT molecular complexity index is 313. The van der Waals surface area contributed by atoms with Crippen LogP contribution in [0.2, 0.25) is 0 Å². The Balaban J connectivity index is 2.21. The Labute approximate surface area is 124 Å². The fraction of sp³-hybridized carbons (Fsp3) is 0.941. The van der Waals surface area contributed by atoms with E-state index in [2.05, 4.69) is 25.8 Å². The first-order chi connectivity index (χ1) is 9.14. The zero-order valence-corrected chi connectivity index (χ0v) is 14.0. The summed E-state index contributed by atoms with van der Waals surface area (Å²) in [5.74, 6) is -0.680. The van der Waals surface area contributed by atoms with Crippen LogP contribution in [0.3, 0.4) is 0 Å². The number of aliphatic carboxylic acids is 1. The molecule has 3 nitrogen and oxygen atoms in total. The average molecular weight is 283 g/mol. The normalized spacial score (nSPS) is 20.3. The molecule has 1 saturated carbocycles. The predicted octanol–water partition coefficient (Wildman–Crippen LogP) is 4.17. The zero-order chi connectivity index (χ0) is 15.4. The minimum atomic E-state index is -0.680. The highest BCUT2D eigenvalue weighted by atomic mass is 16.4. The van der Waals surface area contributed by atoms with E-state index < -0.39 is 11.4 Å². The van der Waals surface area contributed by atoms with Gasteiger partial charge in [-0.2, -0.15) is 0 Å². The van der Waals surface area contributed by atoms with E-state index in [1.807, 2.05) is 13.8 Å². The molecule has 20 heavy (non-hydrogen) atoms. The van der Waals surface area contributed by atoms with Gasteiger partial charge in [0.2, 0.25) is 0 Å². The van der Waals surface area contributed by atoms with Crippen molar-refractivity contribution >= 4 is 5.97 Å². The minimum absolute atomic E-state index is 0.531. The van der Waals surface area contributed by atoms with Crippen molar-refractivity contribution in [2.24, 2.45) is 10.8 Å². The second kappa shape index (κ2) is 6.93. The van der Waals surface area contributed by atoms with Crippen LogP contribution < -0.4 is 0 Å². The molecule has 3 heteroatoms. The molecule has 0 aromatic heterocycles. The molecular formula is C17H33NO2. The first-order valence-electron chi connectivity index (χ1n) is 8.08. The van der Waals surface area contributed by atoms with Crippen molar-refractivity contribution in [2.75, 3.05) is 13.6 Å². The summed E-state index contributed by atoms with van der Waals surface area (Å²) >= 11 is 0. The fourth-order valence-corrected chi connectivity index (χ4v) is 3.04. The van der Waals surface area contributed by atoms with Crippen molar-refractivity contribution in [1.29, 1.82) is 0 Å². The standard InChI is InChI=1S/C17H33NO2/c1-16(2)11-8-14(9-12-16)18(5)13-7-6-10-17(3,4)15(19)20/h14H,6-13H2,1-5H3,(H,19,20). The van der Waals surface area contributed by atoms with Gasteiger partial charge in [0.15, 0.2) is 0 Å². The Morgan fingerprint density at radius 3 is 2.30 bits per heavy atom. The molecule has 0 radical (unpaired) electrons. The van der Waals surface area contributed by atoms with Gasteiger partial charge in [-0.05, 0) is 71.4 Å². The molecule has 0 aromatic rings. The van der Waals surface area contributed by atoms with Crippen molar-refractivity contribution in [3.05, 3.63) is 0 Å². The van der Waals surface area contributed by atoms with Crippen LogP contribution in [0.15, 0.2) is 0 Å². The monoisotopic (exact) mass is 283 g/mol. The lowest BCUT2D eigenvalue weighted by molar-refractivity contribution is -0.147. The summed E-state index contributed by atoms with van der Waals surface area (Å²) in [7, 11) is 2.23. The van der Waals surface area contributed by atoms with Crippen LogP contribution in [0.1, 0.15) is 72.6 Å². The van der Waals surface area contributed by atoms with Crippen LogP contribution in [0.5, 0.6) is 0 Å². The molecule has 0 aromatic carbocycles. The van der Waals surface area contributed by atoms with Crippen molar-refractivity contribution in [3.8, 4) is 0 Å². The molecule has 0 atom stereocenters. The van der Waals surface area contributed by atoms with Crippen molar-refractivity contribution in [2.45, 2.75) is 78.7 Å². The third-order valence-corrected chi connectivity index (χ3v) is 5.07. The number of carboxylic acid groups (broad SMARTS) is 1. The molecule has 0 amide bonds. The largest absolute Gasteiger partial charge is 0.481 e. The van der Waals surface area contributed by atoms with Crippen molar-refractivity contribution in [3.63, 3.8) is 0 Å². The predicted molar refractivity (Wildman–Crippen MR) is 83.9 cm³/mol. The molecule has 1 aliphatic rings. The van der Waals surface area contributed by atoms with Gasteiger partial charge in [0.1, 0.15) is 0 Å². The Morgan fingerprint density at radius 2 is 1.80 bits per heavy atom. The van der Waals surface area contributed by atoms with Gasteiger partial charge in [-0.15, -0.1) is 0 Å². The molecular weight excluding hydrogens is 250 g/mol. The number of hydrogen-bond acceptors (Lipinski definition) is 2. The molecule has 0 spiro atoms. The van der Waals surface area contributed by atoms with Gasteiger partial charge in [0.05, 0.1) is 5.41 Å². The summed E-state index contributed by atoms with van der Waals surface area (Å²) in [6.45, 7) is 9.49. The molecule has 0 saturated heterocycles. The van der Waals surface area contributed by atoms with Crippen LogP contribution in [0, 0.1) is 10.8 Å². The third kappa shape index (κ3) is 5.43. The van der Waals surface area contributed by atoms with Crippen LogP contribution in [0.4, 0.5) is 0 Å². The minimum Gasteiger partial charge on any atom is -0.481 e. The topological polar surface area (TPSA) is 40.5 Å². The third-order valence-electron chi connectivity index (χ3n) is 5.07. The Hall–Kier alpha value is -0.570. The molecule has 1 aliphatic carbocycles. The molecule has 0 heterocycles. The van der Waals surface area contributed by atoms with Crippen LogP contribution in [0.25, 0.3) is 0 Å². The smallest absolute Gasteiger partial charge is 0.309 e. The molecule has 0 aliphatic heterocycles. The lowest BCUT2D eigenvalue weighted by atomic mass is 9.75. The van der Waals surface area contributed by atoms with Gasteiger partial charge >= 0.3 is 5.97 Å². The van der Waals surface area contributed by atoms with Crippen LogP contribution in [-0.2, 0) is 4.79 Å². The number of nitrogens with zero attached hydrogens (tertiary/aromatic N) is 1. The van der Waals surface area contributed by atoms with E-state index in [0.29, 0.717) is 5.41 Å². The van der Waals surface area contributed by atoms with Gasteiger partial charge < -0.3 is 10.0 Å². The molecule has 1 N–H and O–H groups in total. The lowest BCUT2D eigenvalue weighted by Crippen LogP contribution is -2.37. The number of hydrogen-bond donors (Lipinski definition) is 1. The summed E-state index contributed by atoms with van der Waals surface area (Å²) in [4.78, 5) is 13.5. The van der Waals surface area contributed by atoms with Crippen LogP contribution >= 0.6 is 0 Å². The quantitative estimate of drug-likeness (QED) is 0.713. The van der Waals surface area contributed by atoms with E-state index >= 15 is 0 Å². The highest BCUT2D eigenvalue weighted by molar-refractivity contribution is 5.73. The summed E-state index contributed by atoms with van der Waals surface area (Å²) in [5, 5.41) is 9.09. The Morgan fingerprint density at radius 1 is 1.25 bits per heavy atom. The van der Waals surface area contributed by atoms with Crippen molar-refractivity contribution < 1.29 is 9.90 Å². The highest BCUT2D eigenvalue weighted by Gasteiger charge is 2.29. The van der Waals surface area contributed by atoms with E-state index in [1.165, 1.54) is 25.7 Å². The van der Waals surface area contributed by atoms with E-state index in [4.69, 9.17) is 5.11 Å². The molecule has 0 unspecified atom stereocenters. The Kier molecular flexibility index (Phi) is 6.06. The lowest BCUT2D eigenvalue weighted by Gasteiger charge is -2.38. The molecule has 118 valence electrons. The van der Waals surface area contributed by atoms with Crippen LogP contribution in [-0.4, -0.2) is 35.6 Å². The highest BCUT2D eigenvalue weighted by Crippen LogP contribution is 2.36. The second-order valence-electron chi connectivity index (χ2n) is 8.02. The van der Waals surface area contributed by atoms with E-state index in [0.717, 1.165) is 31.8 Å². The van der Waals surface area contributed by atoms with Gasteiger partial charge in [-0.25, -0.2) is 0 Å². The number of carboxylic acids is 1. The SMILES string of the molecule is CN(CCCCC(C)(C)C(=O)O)C1CCC(C)(C)CC1. The second-order valence-corrected chi connectivity index (χ2v) is 8.02. The summed E-state index contributed by atoms with van der Waals surface area (Å²) in [6, 6.07) is 0.732. The van der Waals surface area contributed by atoms with E-state index in [-0.39, 0.29) is 0 Å². The first kappa shape index (κ1) is 17.5. The maximum atomic E-state index is 11.0. The van der Waals surface area contributed by atoms with E-state index in [9.17, 15) is 4.79 Å². The van der Waals surface area contributed by atoms with Gasteiger partial charge in [0, 0.05) is 6.04 Å². The fourth-order valence-electron chi connectivity index (χ4n) is 3.04. The average Bonchev–Trinajstić information content (AvgIpc) is 2.34. The molecule has 1 rings (SSSR count). The first-order valence-corrected chi connectivity index (χ1v) is 8.08. The summed E-state index contributed by atoms with van der Waals surface area (Å²) in [5.41, 5.74) is -0.0454. The van der Waals surface area contributed by atoms with Gasteiger partial charge in [-0.1, -0.05) is 20.3 Å². The number of unbranched alkanes of at least 4 members (excludes halogenated alkanes) is 1. The van der Waals surface area contributed by atoms with Crippen molar-refractivity contribution in [1.82, 2.24) is 4.90 Å². The van der Waals surface area contributed by atoms with Gasteiger partial charge in [0.25, 0.3) is 0 Å². The van der Waals surface area contributed by atoms with Gasteiger partial charge in [-0.3, -0.25) is 4.79 Å². The molecule has 1 fully saturated rings. The maximum absolute atomic E-state index is 11.0. The summed E-state index contributed by atoms with van der Waals surface area (Å²) < 4.78 is 0. The zero-order valence-electron chi connectivity index (χ0n) is 14.0. The molecule has 0 bridgehead atoms.